The lowest BCUT2D eigenvalue weighted by molar-refractivity contribution is 0.390. The van der Waals surface area contributed by atoms with Gasteiger partial charge in [0.1, 0.15) is 16.5 Å². The molecule has 108 valence electrons. The van der Waals surface area contributed by atoms with Crippen LogP contribution in [0.15, 0.2) is 17.5 Å². The summed E-state index contributed by atoms with van der Waals surface area (Å²) in [5.74, 6) is 1.06. The molecule has 0 amide bonds. The Labute approximate surface area is 132 Å². The van der Waals surface area contributed by atoms with Crippen molar-refractivity contribution in [3.63, 3.8) is 0 Å². The van der Waals surface area contributed by atoms with Crippen LogP contribution in [0.5, 0.6) is 11.5 Å². The quantitative estimate of drug-likeness (QED) is 0.901. The Bertz CT molecular complexity index is 628. The van der Waals surface area contributed by atoms with Crippen LogP contribution < -0.4 is 15.2 Å². The van der Waals surface area contributed by atoms with Gasteiger partial charge in [-0.2, -0.15) is 0 Å². The fraction of sp³-hybridized carbons (Fsp3) is 0.286. The third-order valence-corrected chi connectivity index (χ3v) is 5.21. The summed E-state index contributed by atoms with van der Waals surface area (Å²) in [4.78, 5) is 0.892. The molecule has 0 aliphatic carbocycles. The number of thiophene rings is 1. The maximum absolute atomic E-state index is 6.31. The summed E-state index contributed by atoms with van der Waals surface area (Å²) in [6.45, 7) is 1.95. The van der Waals surface area contributed by atoms with E-state index in [0.717, 1.165) is 16.0 Å². The first-order valence-corrected chi connectivity index (χ1v) is 7.54. The normalized spacial score (nSPS) is 12.3. The van der Waals surface area contributed by atoms with Crippen molar-refractivity contribution in [1.82, 2.24) is 0 Å². The van der Waals surface area contributed by atoms with Crippen molar-refractivity contribution >= 4 is 34.5 Å². The van der Waals surface area contributed by atoms with E-state index in [-0.39, 0.29) is 6.04 Å². The van der Waals surface area contributed by atoms with Crippen LogP contribution in [-0.2, 0) is 0 Å². The molecule has 1 aromatic heterocycles. The molecule has 0 radical (unpaired) electrons. The summed E-state index contributed by atoms with van der Waals surface area (Å²) in [6, 6.07) is 3.23. The summed E-state index contributed by atoms with van der Waals surface area (Å²) in [7, 11) is 3.11. The second kappa shape index (κ2) is 6.22. The maximum Gasteiger partial charge on any atom is 0.146 e. The van der Waals surface area contributed by atoms with E-state index < -0.39 is 0 Å². The number of hydrogen-bond donors (Lipinski definition) is 1. The number of nitrogens with two attached hydrogens (primary N) is 1. The van der Waals surface area contributed by atoms with Crippen LogP contribution in [0.3, 0.4) is 0 Å². The monoisotopic (exact) mass is 331 g/mol. The molecule has 0 aliphatic rings. The highest BCUT2D eigenvalue weighted by Gasteiger charge is 2.22. The molecule has 1 unspecified atom stereocenters. The van der Waals surface area contributed by atoms with Crippen LogP contribution >= 0.6 is 34.5 Å². The lowest BCUT2D eigenvalue weighted by Gasteiger charge is -2.17. The zero-order valence-electron chi connectivity index (χ0n) is 11.4. The summed E-state index contributed by atoms with van der Waals surface area (Å²) in [6.07, 6.45) is 0. The second-order valence-corrected chi connectivity index (χ2v) is 5.95. The minimum atomic E-state index is -0.389. The average molecular weight is 332 g/mol. The molecule has 2 aromatic rings. The molecule has 1 heterocycles. The van der Waals surface area contributed by atoms with E-state index in [2.05, 4.69) is 0 Å². The minimum absolute atomic E-state index is 0.389. The number of aryl methyl sites for hydroxylation is 1. The fourth-order valence-corrected chi connectivity index (χ4v) is 3.62. The van der Waals surface area contributed by atoms with Crippen molar-refractivity contribution in [2.24, 2.45) is 5.73 Å². The topological polar surface area (TPSA) is 44.5 Å². The van der Waals surface area contributed by atoms with Gasteiger partial charge in [-0.05, 0) is 30.0 Å². The van der Waals surface area contributed by atoms with E-state index >= 15 is 0 Å². The second-order valence-electron chi connectivity index (χ2n) is 4.28. The van der Waals surface area contributed by atoms with Crippen molar-refractivity contribution < 1.29 is 9.47 Å². The van der Waals surface area contributed by atoms with Crippen LogP contribution in [0.25, 0.3) is 0 Å². The lowest BCUT2D eigenvalue weighted by atomic mass is 10.0. The highest BCUT2D eigenvalue weighted by Crippen LogP contribution is 2.43. The molecular formula is C14H15Cl2NO2S. The van der Waals surface area contributed by atoms with Crippen LogP contribution in [-0.4, -0.2) is 14.2 Å². The molecule has 1 aromatic carbocycles. The minimum Gasteiger partial charge on any atom is -0.495 e. The van der Waals surface area contributed by atoms with Gasteiger partial charge in [-0.25, -0.2) is 0 Å². The number of ether oxygens (including phenoxy) is 2. The molecular weight excluding hydrogens is 317 g/mol. The highest BCUT2D eigenvalue weighted by molar-refractivity contribution is 7.10. The predicted octanol–water partition coefficient (Wildman–Crippen LogP) is 4.43. The Kier molecular flexibility index (Phi) is 4.81. The fourth-order valence-electron chi connectivity index (χ4n) is 1.96. The van der Waals surface area contributed by atoms with Gasteiger partial charge in [0.05, 0.1) is 25.3 Å². The van der Waals surface area contributed by atoms with E-state index in [4.69, 9.17) is 38.4 Å². The van der Waals surface area contributed by atoms with E-state index in [0.29, 0.717) is 21.5 Å². The SMILES string of the molecule is COc1ccc(C(N)c2scc(C)c2Cl)c(OC)c1Cl. The zero-order chi connectivity index (χ0) is 14.9. The molecule has 20 heavy (non-hydrogen) atoms. The first-order valence-electron chi connectivity index (χ1n) is 5.90. The van der Waals surface area contributed by atoms with E-state index in [9.17, 15) is 0 Å². The van der Waals surface area contributed by atoms with Gasteiger partial charge in [-0.3, -0.25) is 0 Å². The van der Waals surface area contributed by atoms with Crippen molar-refractivity contribution in [2.45, 2.75) is 13.0 Å². The standard InChI is InChI=1S/C14H15Cl2NO2S/c1-7-6-20-14(10(7)15)12(17)8-4-5-9(18-2)11(16)13(8)19-3/h4-6,12H,17H2,1-3H3. The van der Waals surface area contributed by atoms with Crippen molar-refractivity contribution in [1.29, 1.82) is 0 Å². The largest absolute Gasteiger partial charge is 0.495 e. The molecule has 2 N–H and O–H groups in total. The van der Waals surface area contributed by atoms with Crippen molar-refractivity contribution in [2.75, 3.05) is 14.2 Å². The van der Waals surface area contributed by atoms with Gasteiger partial charge >= 0.3 is 0 Å². The summed E-state index contributed by atoms with van der Waals surface area (Å²) >= 11 is 14.1. The molecule has 0 saturated heterocycles. The maximum atomic E-state index is 6.31. The van der Waals surface area contributed by atoms with Gasteiger partial charge < -0.3 is 15.2 Å². The zero-order valence-corrected chi connectivity index (χ0v) is 13.7. The summed E-state index contributed by atoms with van der Waals surface area (Å²) in [5, 5.41) is 3.08. The van der Waals surface area contributed by atoms with E-state index in [1.165, 1.54) is 11.3 Å². The van der Waals surface area contributed by atoms with Crippen molar-refractivity contribution in [3.8, 4) is 11.5 Å². The molecule has 3 nitrogen and oxygen atoms in total. The van der Waals surface area contributed by atoms with Gasteiger partial charge in [0, 0.05) is 10.4 Å². The number of benzene rings is 1. The van der Waals surface area contributed by atoms with Gasteiger partial charge in [0.15, 0.2) is 0 Å². The molecule has 2 rings (SSSR count). The molecule has 0 bridgehead atoms. The molecule has 1 atom stereocenters. The Balaban J connectivity index is 2.52. The van der Waals surface area contributed by atoms with Crippen LogP contribution in [0.2, 0.25) is 10.0 Å². The Morgan fingerprint density at radius 1 is 1.15 bits per heavy atom. The average Bonchev–Trinajstić information content (AvgIpc) is 2.78. The number of hydrogen-bond acceptors (Lipinski definition) is 4. The third-order valence-electron chi connectivity index (χ3n) is 3.06. The number of halogens is 2. The smallest absolute Gasteiger partial charge is 0.146 e. The van der Waals surface area contributed by atoms with Crippen LogP contribution in [0.4, 0.5) is 0 Å². The Morgan fingerprint density at radius 3 is 2.35 bits per heavy atom. The van der Waals surface area contributed by atoms with Crippen LogP contribution in [0.1, 0.15) is 22.0 Å². The summed E-state index contributed by atoms with van der Waals surface area (Å²) < 4.78 is 10.6. The third kappa shape index (κ3) is 2.61. The lowest BCUT2D eigenvalue weighted by Crippen LogP contribution is -2.12. The number of methoxy groups -OCH3 is 2. The van der Waals surface area contributed by atoms with Crippen LogP contribution in [0, 0.1) is 6.92 Å². The van der Waals surface area contributed by atoms with E-state index in [1.807, 2.05) is 18.4 Å². The van der Waals surface area contributed by atoms with Gasteiger partial charge in [-0.1, -0.05) is 23.2 Å². The summed E-state index contributed by atoms with van der Waals surface area (Å²) in [5.41, 5.74) is 8.11. The van der Waals surface area contributed by atoms with Gasteiger partial charge in [-0.15, -0.1) is 11.3 Å². The molecule has 0 saturated carbocycles. The molecule has 6 heteroatoms. The van der Waals surface area contributed by atoms with Crippen molar-refractivity contribution in [3.05, 3.63) is 43.6 Å². The molecule has 0 aliphatic heterocycles. The van der Waals surface area contributed by atoms with E-state index in [1.54, 1.807) is 20.3 Å². The Hall–Kier alpha value is -0.940. The predicted molar refractivity (Wildman–Crippen MR) is 84.7 cm³/mol. The van der Waals surface area contributed by atoms with Gasteiger partial charge in [0.25, 0.3) is 0 Å². The Morgan fingerprint density at radius 2 is 1.85 bits per heavy atom. The highest BCUT2D eigenvalue weighted by atomic mass is 35.5. The number of rotatable bonds is 4. The first kappa shape index (κ1) is 15.4. The first-order chi connectivity index (χ1) is 9.51. The molecule has 0 spiro atoms. The molecule has 0 fully saturated rings. The van der Waals surface area contributed by atoms with Gasteiger partial charge in [0.2, 0.25) is 0 Å².